The maximum atomic E-state index is 11.8. The number of aryl methyl sites for hydroxylation is 1. The molecule has 3 rings (SSSR count). The number of anilines is 1. The zero-order valence-electron chi connectivity index (χ0n) is 15.0. The topological polar surface area (TPSA) is 63.2 Å². The number of carbonyl (C=O) groups excluding carboxylic acids is 1. The van der Waals surface area contributed by atoms with Crippen molar-refractivity contribution in [2.45, 2.75) is 38.1 Å². The van der Waals surface area contributed by atoms with Gasteiger partial charge in [-0.05, 0) is 61.8 Å². The van der Waals surface area contributed by atoms with Crippen LogP contribution in [0.5, 0.6) is 0 Å². The van der Waals surface area contributed by atoms with Crippen LogP contribution in [-0.2, 0) is 10.3 Å². The molecule has 2 N–H and O–H groups in total. The third-order valence-corrected chi connectivity index (χ3v) is 5.08. The number of aromatic nitrogens is 1. The summed E-state index contributed by atoms with van der Waals surface area (Å²) in [5.41, 5.74) is 3.06. The number of carbonyl (C=O) groups is 1. The number of methoxy groups -OCH3 is 1. The molecule has 1 aliphatic carbocycles. The fraction of sp³-hybridized carbons (Fsp3) is 0.350. The van der Waals surface area contributed by atoms with E-state index in [0.29, 0.717) is 10.7 Å². The van der Waals surface area contributed by atoms with Gasteiger partial charge in [-0.3, -0.25) is 4.98 Å². The highest BCUT2D eigenvalue weighted by atomic mass is 32.1. The molecular weight excluding hydrogens is 346 g/mol. The summed E-state index contributed by atoms with van der Waals surface area (Å²) in [6.45, 7) is 1.97. The van der Waals surface area contributed by atoms with Gasteiger partial charge in [-0.15, -0.1) is 0 Å². The maximum Gasteiger partial charge on any atom is 0.337 e. The third-order valence-electron chi connectivity index (χ3n) is 4.87. The molecule has 1 aliphatic rings. The van der Waals surface area contributed by atoms with Crippen molar-refractivity contribution < 1.29 is 9.53 Å². The molecule has 0 atom stereocenters. The molecule has 0 radical (unpaired) electrons. The van der Waals surface area contributed by atoms with Crippen molar-refractivity contribution in [1.82, 2.24) is 10.3 Å². The summed E-state index contributed by atoms with van der Waals surface area (Å²) in [6.07, 6.45) is 6.09. The number of thiocarbonyl (C=S) groups is 1. The molecule has 0 bridgehead atoms. The van der Waals surface area contributed by atoms with Gasteiger partial charge in [0.1, 0.15) is 0 Å². The minimum atomic E-state index is -0.368. The lowest BCUT2D eigenvalue weighted by Crippen LogP contribution is -2.46. The summed E-state index contributed by atoms with van der Waals surface area (Å²) < 4.78 is 4.79. The number of nitrogens with zero attached hydrogens (tertiary/aromatic N) is 1. The van der Waals surface area contributed by atoms with E-state index in [1.54, 1.807) is 12.1 Å². The first-order valence-electron chi connectivity index (χ1n) is 8.74. The second-order valence-electron chi connectivity index (χ2n) is 6.60. The third kappa shape index (κ3) is 3.85. The summed E-state index contributed by atoms with van der Waals surface area (Å²) in [5.74, 6) is -0.368. The van der Waals surface area contributed by atoms with Crippen LogP contribution < -0.4 is 10.6 Å². The molecule has 0 amide bonds. The first-order valence-corrected chi connectivity index (χ1v) is 9.14. The Balaban J connectivity index is 1.79. The number of benzene rings is 1. The number of ether oxygens (including phenoxy) is 1. The molecule has 0 saturated heterocycles. The molecule has 1 heterocycles. The fourth-order valence-corrected chi connectivity index (χ4v) is 3.75. The molecule has 0 unspecified atom stereocenters. The largest absolute Gasteiger partial charge is 0.465 e. The van der Waals surface area contributed by atoms with Crippen molar-refractivity contribution in [3.8, 4) is 0 Å². The van der Waals surface area contributed by atoms with E-state index in [2.05, 4.69) is 15.6 Å². The lowest BCUT2D eigenvalue weighted by molar-refractivity contribution is 0.0601. The van der Waals surface area contributed by atoms with Crippen LogP contribution in [0.2, 0.25) is 0 Å². The highest BCUT2D eigenvalue weighted by Crippen LogP contribution is 2.37. The molecule has 1 aromatic carbocycles. The number of rotatable bonds is 4. The van der Waals surface area contributed by atoms with Crippen molar-refractivity contribution in [2.75, 3.05) is 12.4 Å². The number of hydrogen-bond acceptors (Lipinski definition) is 4. The minimum Gasteiger partial charge on any atom is -0.465 e. The average molecular weight is 369 g/mol. The van der Waals surface area contributed by atoms with Gasteiger partial charge in [-0.1, -0.05) is 25.0 Å². The Hall–Kier alpha value is -2.47. The molecule has 136 valence electrons. The Morgan fingerprint density at radius 3 is 2.65 bits per heavy atom. The Labute approximate surface area is 159 Å². The fourth-order valence-electron chi connectivity index (χ4n) is 3.44. The lowest BCUT2D eigenvalue weighted by Gasteiger charge is -2.31. The maximum absolute atomic E-state index is 11.8. The Bertz CT molecular complexity index is 802. The van der Waals surface area contributed by atoms with Crippen LogP contribution in [0.4, 0.5) is 5.69 Å². The first kappa shape index (κ1) is 18.3. The zero-order chi connectivity index (χ0) is 18.6. The van der Waals surface area contributed by atoms with Crippen LogP contribution in [0, 0.1) is 6.92 Å². The van der Waals surface area contributed by atoms with Crippen molar-refractivity contribution in [2.24, 2.45) is 0 Å². The van der Waals surface area contributed by atoms with E-state index in [4.69, 9.17) is 17.0 Å². The van der Waals surface area contributed by atoms with E-state index in [1.807, 2.05) is 37.4 Å². The molecule has 0 aliphatic heterocycles. The van der Waals surface area contributed by atoms with Crippen molar-refractivity contribution in [3.63, 3.8) is 0 Å². The van der Waals surface area contributed by atoms with Gasteiger partial charge in [0.15, 0.2) is 5.11 Å². The summed E-state index contributed by atoms with van der Waals surface area (Å²) in [5, 5.41) is 7.25. The Kier molecular flexibility index (Phi) is 5.52. The van der Waals surface area contributed by atoms with Gasteiger partial charge in [-0.2, -0.15) is 0 Å². The molecule has 6 heteroatoms. The summed E-state index contributed by atoms with van der Waals surface area (Å²) in [6, 6.07) is 11.4. The molecule has 0 spiro atoms. The van der Waals surface area contributed by atoms with Crippen LogP contribution in [0.25, 0.3) is 0 Å². The standard InChI is InChI=1S/C20H23N3O2S/c1-14-8-9-15(18(24)25-2)13-16(14)22-19(26)23-20(10-4-5-11-20)17-7-3-6-12-21-17/h3,6-9,12-13H,4-5,10-11H2,1-2H3,(H2,22,23,26). The second-order valence-corrected chi connectivity index (χ2v) is 7.01. The smallest absolute Gasteiger partial charge is 0.337 e. The van der Waals surface area contributed by atoms with E-state index in [-0.39, 0.29) is 11.5 Å². The minimum absolute atomic E-state index is 0.237. The van der Waals surface area contributed by atoms with Crippen molar-refractivity contribution in [1.29, 1.82) is 0 Å². The summed E-state index contributed by atoms with van der Waals surface area (Å²) in [4.78, 5) is 16.3. The number of pyridine rings is 1. The first-order chi connectivity index (χ1) is 12.5. The quantitative estimate of drug-likeness (QED) is 0.629. The van der Waals surface area contributed by atoms with Crippen molar-refractivity contribution in [3.05, 3.63) is 59.4 Å². The summed E-state index contributed by atoms with van der Waals surface area (Å²) in [7, 11) is 1.37. The average Bonchev–Trinajstić information content (AvgIpc) is 3.13. The predicted octanol–water partition coefficient (Wildman–Crippen LogP) is 3.93. The number of nitrogens with one attached hydrogen (secondary N) is 2. The van der Waals surface area contributed by atoms with Gasteiger partial charge in [0.2, 0.25) is 0 Å². The van der Waals surface area contributed by atoms with Gasteiger partial charge >= 0.3 is 5.97 Å². The summed E-state index contributed by atoms with van der Waals surface area (Å²) >= 11 is 5.58. The van der Waals surface area contributed by atoms with Crippen LogP contribution in [0.1, 0.15) is 47.3 Å². The Morgan fingerprint density at radius 2 is 2.00 bits per heavy atom. The molecule has 1 saturated carbocycles. The van der Waals surface area contributed by atoms with Gasteiger partial charge in [0.05, 0.1) is 23.9 Å². The molecular formula is C20H23N3O2S. The van der Waals surface area contributed by atoms with Gasteiger partial charge in [0, 0.05) is 11.9 Å². The van der Waals surface area contributed by atoms with Crippen LogP contribution in [-0.4, -0.2) is 23.2 Å². The number of hydrogen-bond donors (Lipinski definition) is 2. The van der Waals surface area contributed by atoms with E-state index >= 15 is 0 Å². The molecule has 1 fully saturated rings. The normalized spacial score (nSPS) is 15.3. The van der Waals surface area contributed by atoms with Crippen LogP contribution >= 0.6 is 12.2 Å². The zero-order valence-corrected chi connectivity index (χ0v) is 15.9. The van der Waals surface area contributed by atoms with E-state index in [0.717, 1.165) is 42.6 Å². The highest BCUT2D eigenvalue weighted by molar-refractivity contribution is 7.80. The van der Waals surface area contributed by atoms with Gasteiger partial charge < -0.3 is 15.4 Å². The van der Waals surface area contributed by atoms with E-state index < -0.39 is 0 Å². The van der Waals surface area contributed by atoms with Gasteiger partial charge in [-0.25, -0.2) is 4.79 Å². The molecule has 2 aromatic rings. The number of esters is 1. The van der Waals surface area contributed by atoms with Gasteiger partial charge in [0.25, 0.3) is 0 Å². The van der Waals surface area contributed by atoms with Crippen LogP contribution in [0.3, 0.4) is 0 Å². The molecule has 5 nitrogen and oxygen atoms in total. The monoisotopic (exact) mass is 369 g/mol. The lowest BCUT2D eigenvalue weighted by atomic mass is 9.93. The SMILES string of the molecule is COC(=O)c1ccc(C)c(NC(=S)NC2(c3ccccn3)CCCC2)c1. The second kappa shape index (κ2) is 7.83. The molecule has 26 heavy (non-hydrogen) atoms. The van der Waals surface area contributed by atoms with Crippen molar-refractivity contribution >= 4 is 29.0 Å². The van der Waals surface area contributed by atoms with Crippen LogP contribution in [0.15, 0.2) is 42.6 Å². The molecule has 1 aromatic heterocycles. The van der Waals surface area contributed by atoms with E-state index in [1.165, 1.54) is 7.11 Å². The van der Waals surface area contributed by atoms with E-state index in [9.17, 15) is 4.79 Å². The highest BCUT2D eigenvalue weighted by Gasteiger charge is 2.37. The Morgan fingerprint density at radius 1 is 1.23 bits per heavy atom. The predicted molar refractivity (Wildman–Crippen MR) is 106 cm³/mol.